The first kappa shape index (κ1) is 18.1. The van der Waals surface area contributed by atoms with Crippen LogP contribution in [-0.4, -0.2) is 22.6 Å². The number of amides is 1. The van der Waals surface area contributed by atoms with Gasteiger partial charge in [-0.1, -0.05) is 54.9 Å². The zero-order valence-corrected chi connectivity index (χ0v) is 14.8. The molecule has 3 rings (SSSR count). The van der Waals surface area contributed by atoms with Gasteiger partial charge in [0.2, 0.25) is 5.89 Å². The third-order valence-electron chi connectivity index (χ3n) is 3.99. The lowest BCUT2D eigenvalue weighted by Gasteiger charge is -2.11. The molecule has 134 valence electrons. The van der Waals surface area contributed by atoms with Crippen molar-refractivity contribution in [3.63, 3.8) is 0 Å². The molecule has 0 unspecified atom stereocenters. The van der Waals surface area contributed by atoms with E-state index in [1.54, 1.807) is 6.07 Å². The van der Waals surface area contributed by atoms with Crippen LogP contribution in [0, 0.1) is 5.82 Å². The van der Waals surface area contributed by atoms with Gasteiger partial charge >= 0.3 is 11.8 Å². The third-order valence-corrected chi connectivity index (χ3v) is 4.34. The summed E-state index contributed by atoms with van der Waals surface area (Å²) < 4.78 is 19.2. The summed E-state index contributed by atoms with van der Waals surface area (Å²) in [4.78, 5) is 12.2. The summed E-state index contributed by atoms with van der Waals surface area (Å²) in [7, 11) is 0. The van der Waals surface area contributed by atoms with Gasteiger partial charge in [0.15, 0.2) is 0 Å². The molecule has 1 heterocycles. The minimum Gasteiger partial charge on any atom is -0.417 e. The van der Waals surface area contributed by atoms with Crippen LogP contribution in [0.15, 0.2) is 52.9 Å². The Hall–Kier alpha value is -2.73. The molecule has 26 heavy (non-hydrogen) atoms. The highest BCUT2D eigenvalue weighted by Crippen LogP contribution is 2.22. The van der Waals surface area contributed by atoms with Crippen LogP contribution < -0.4 is 5.32 Å². The Labute approximate surface area is 155 Å². The monoisotopic (exact) mass is 373 g/mol. The Bertz CT molecular complexity index is 879. The molecule has 0 radical (unpaired) electrons. The SMILES string of the molecule is C[C@@H](CNC(=O)c1nnc(Cc2c(F)cccc2Cl)o1)c1ccccc1. The lowest BCUT2D eigenvalue weighted by atomic mass is 10.0. The van der Waals surface area contributed by atoms with E-state index in [4.69, 9.17) is 16.0 Å². The molecule has 0 saturated carbocycles. The fraction of sp³-hybridized carbons (Fsp3) is 0.211. The summed E-state index contributed by atoms with van der Waals surface area (Å²) in [5.74, 6) is -0.824. The quantitative estimate of drug-likeness (QED) is 0.709. The van der Waals surface area contributed by atoms with Crippen molar-refractivity contribution in [1.29, 1.82) is 0 Å². The Kier molecular flexibility index (Phi) is 5.63. The number of carbonyl (C=O) groups is 1. The van der Waals surface area contributed by atoms with Crippen LogP contribution in [0.3, 0.4) is 0 Å². The first-order valence-electron chi connectivity index (χ1n) is 8.13. The summed E-state index contributed by atoms with van der Waals surface area (Å²) in [5, 5.41) is 10.6. The zero-order chi connectivity index (χ0) is 18.5. The van der Waals surface area contributed by atoms with Crippen LogP contribution in [0.4, 0.5) is 4.39 Å². The van der Waals surface area contributed by atoms with Crippen molar-refractivity contribution >= 4 is 17.5 Å². The molecule has 0 fully saturated rings. The lowest BCUT2D eigenvalue weighted by molar-refractivity contribution is 0.0915. The van der Waals surface area contributed by atoms with Crippen molar-refractivity contribution in [3.8, 4) is 0 Å². The molecular weight excluding hydrogens is 357 g/mol. The molecule has 0 aliphatic heterocycles. The van der Waals surface area contributed by atoms with Gasteiger partial charge in [-0.15, -0.1) is 10.2 Å². The number of carbonyl (C=O) groups excluding carboxylic acids is 1. The van der Waals surface area contributed by atoms with Crippen LogP contribution in [0.25, 0.3) is 0 Å². The molecule has 5 nitrogen and oxygen atoms in total. The fourth-order valence-corrected chi connectivity index (χ4v) is 2.72. The number of rotatable bonds is 6. The number of aromatic nitrogens is 2. The van der Waals surface area contributed by atoms with Gasteiger partial charge in [0, 0.05) is 17.1 Å². The van der Waals surface area contributed by atoms with E-state index < -0.39 is 11.7 Å². The predicted octanol–water partition coefficient (Wildman–Crippen LogP) is 3.99. The molecule has 7 heteroatoms. The molecule has 1 N–H and O–H groups in total. The zero-order valence-electron chi connectivity index (χ0n) is 14.1. The molecule has 0 bridgehead atoms. The number of hydrogen-bond donors (Lipinski definition) is 1. The van der Waals surface area contributed by atoms with E-state index in [-0.39, 0.29) is 34.7 Å². The molecular formula is C19H17ClFN3O2. The Morgan fingerprint density at radius 2 is 1.96 bits per heavy atom. The largest absolute Gasteiger partial charge is 0.417 e. The highest BCUT2D eigenvalue weighted by atomic mass is 35.5. The number of nitrogens with one attached hydrogen (secondary N) is 1. The second kappa shape index (κ2) is 8.10. The first-order chi connectivity index (χ1) is 12.5. The smallest absolute Gasteiger partial charge is 0.308 e. The van der Waals surface area contributed by atoms with Gasteiger partial charge in [0.25, 0.3) is 0 Å². The number of nitrogens with zero attached hydrogens (tertiary/aromatic N) is 2. The molecule has 3 aromatic rings. The van der Waals surface area contributed by atoms with Crippen LogP contribution in [-0.2, 0) is 6.42 Å². The topological polar surface area (TPSA) is 68.0 Å². The second-order valence-electron chi connectivity index (χ2n) is 5.90. The maximum absolute atomic E-state index is 13.8. The average molecular weight is 374 g/mol. The molecule has 1 aromatic heterocycles. The Morgan fingerprint density at radius 3 is 2.69 bits per heavy atom. The minimum absolute atomic E-state index is 0.0200. The maximum Gasteiger partial charge on any atom is 0.308 e. The second-order valence-corrected chi connectivity index (χ2v) is 6.31. The van der Waals surface area contributed by atoms with E-state index in [1.807, 2.05) is 37.3 Å². The van der Waals surface area contributed by atoms with Crippen molar-refractivity contribution in [2.45, 2.75) is 19.3 Å². The maximum atomic E-state index is 13.8. The van der Waals surface area contributed by atoms with E-state index in [2.05, 4.69) is 15.5 Å². The van der Waals surface area contributed by atoms with Crippen LogP contribution in [0.2, 0.25) is 5.02 Å². The van der Waals surface area contributed by atoms with E-state index in [0.717, 1.165) is 5.56 Å². The van der Waals surface area contributed by atoms with Gasteiger partial charge in [-0.3, -0.25) is 4.79 Å². The number of hydrogen-bond acceptors (Lipinski definition) is 4. The van der Waals surface area contributed by atoms with Gasteiger partial charge in [-0.25, -0.2) is 4.39 Å². The minimum atomic E-state index is -0.467. The van der Waals surface area contributed by atoms with Crippen molar-refractivity contribution in [3.05, 3.63) is 82.3 Å². The van der Waals surface area contributed by atoms with Gasteiger partial charge in [-0.2, -0.15) is 0 Å². The summed E-state index contributed by atoms with van der Waals surface area (Å²) in [6.07, 6.45) is 0.0200. The van der Waals surface area contributed by atoms with Crippen LogP contribution in [0.5, 0.6) is 0 Å². The van der Waals surface area contributed by atoms with Crippen molar-refractivity contribution < 1.29 is 13.6 Å². The summed E-state index contributed by atoms with van der Waals surface area (Å²) in [6, 6.07) is 14.2. The van der Waals surface area contributed by atoms with Crippen molar-refractivity contribution in [1.82, 2.24) is 15.5 Å². The number of halogens is 2. The van der Waals surface area contributed by atoms with Gasteiger partial charge in [0.1, 0.15) is 5.82 Å². The summed E-state index contributed by atoms with van der Waals surface area (Å²) in [5.41, 5.74) is 1.37. The lowest BCUT2D eigenvalue weighted by Crippen LogP contribution is -2.27. The fourth-order valence-electron chi connectivity index (χ4n) is 2.49. The number of benzene rings is 2. The summed E-state index contributed by atoms with van der Waals surface area (Å²) in [6.45, 7) is 2.44. The molecule has 0 aliphatic rings. The average Bonchev–Trinajstić information content (AvgIpc) is 3.12. The molecule has 0 saturated heterocycles. The standard InChI is InChI=1S/C19H17ClFN3O2/c1-12(13-6-3-2-4-7-13)11-22-18(25)19-24-23-17(26-19)10-14-15(20)8-5-9-16(14)21/h2-9,12H,10-11H2,1H3,(H,22,25)/t12-/m0/s1. The molecule has 1 amide bonds. The van der Waals surface area contributed by atoms with Gasteiger partial charge < -0.3 is 9.73 Å². The van der Waals surface area contributed by atoms with Crippen LogP contribution >= 0.6 is 11.6 Å². The Balaban J connectivity index is 1.61. The highest BCUT2D eigenvalue weighted by Gasteiger charge is 2.18. The highest BCUT2D eigenvalue weighted by molar-refractivity contribution is 6.31. The van der Waals surface area contributed by atoms with E-state index in [1.165, 1.54) is 12.1 Å². The molecule has 1 atom stereocenters. The van der Waals surface area contributed by atoms with E-state index >= 15 is 0 Å². The Morgan fingerprint density at radius 1 is 1.19 bits per heavy atom. The van der Waals surface area contributed by atoms with Crippen molar-refractivity contribution in [2.24, 2.45) is 0 Å². The van der Waals surface area contributed by atoms with E-state index in [9.17, 15) is 9.18 Å². The van der Waals surface area contributed by atoms with Gasteiger partial charge in [0.05, 0.1) is 6.42 Å². The van der Waals surface area contributed by atoms with Crippen LogP contribution in [0.1, 0.15) is 40.5 Å². The molecule has 0 spiro atoms. The van der Waals surface area contributed by atoms with Crippen molar-refractivity contribution in [2.75, 3.05) is 6.54 Å². The van der Waals surface area contributed by atoms with Gasteiger partial charge in [-0.05, 0) is 23.6 Å². The molecule has 2 aromatic carbocycles. The normalized spacial score (nSPS) is 12.0. The van der Waals surface area contributed by atoms with E-state index in [0.29, 0.717) is 6.54 Å². The third kappa shape index (κ3) is 4.26. The predicted molar refractivity (Wildman–Crippen MR) is 95.7 cm³/mol. The first-order valence-corrected chi connectivity index (χ1v) is 8.51. The summed E-state index contributed by atoms with van der Waals surface area (Å²) >= 11 is 5.98. The molecule has 0 aliphatic carbocycles.